The Morgan fingerprint density at radius 1 is 1.08 bits per heavy atom. The molecule has 0 radical (unpaired) electrons. The second-order valence-corrected chi connectivity index (χ2v) is 6.29. The van der Waals surface area contributed by atoms with E-state index in [0.29, 0.717) is 17.2 Å². The number of carbonyl (C=O) groups is 2. The van der Waals surface area contributed by atoms with Gasteiger partial charge in [0.2, 0.25) is 0 Å². The van der Waals surface area contributed by atoms with Crippen molar-refractivity contribution in [3.05, 3.63) is 53.0 Å². The number of benzene rings is 2. The molecule has 7 heteroatoms. The van der Waals surface area contributed by atoms with Crippen molar-refractivity contribution in [1.29, 1.82) is 0 Å². The van der Waals surface area contributed by atoms with Crippen LogP contribution in [0.4, 0.5) is 5.69 Å². The number of ether oxygens (including phenoxy) is 3. The molecule has 0 spiro atoms. The molecule has 0 aromatic heterocycles. The van der Waals surface area contributed by atoms with E-state index in [1.54, 1.807) is 31.4 Å². The van der Waals surface area contributed by atoms with Crippen molar-refractivity contribution in [3.8, 4) is 11.5 Å². The normalized spacial score (nSPS) is 11.3. The maximum Gasteiger partial charge on any atom is 0.310 e. The summed E-state index contributed by atoms with van der Waals surface area (Å²) in [6.45, 7) is 1.65. The predicted molar refractivity (Wildman–Crippen MR) is 101 cm³/mol. The summed E-state index contributed by atoms with van der Waals surface area (Å²) in [6.07, 6.45) is -0.883. The highest BCUT2D eigenvalue weighted by atomic mass is 79.9. The van der Waals surface area contributed by atoms with Crippen LogP contribution >= 0.6 is 15.9 Å². The summed E-state index contributed by atoms with van der Waals surface area (Å²) in [5.74, 6) is 0.219. The number of esters is 1. The third-order valence-electron chi connectivity index (χ3n) is 3.42. The Hall–Kier alpha value is -2.54. The van der Waals surface area contributed by atoms with E-state index in [4.69, 9.17) is 14.2 Å². The molecule has 6 nitrogen and oxygen atoms in total. The third-order valence-corrected chi connectivity index (χ3v) is 3.95. The molecule has 0 bridgehead atoms. The average molecular weight is 422 g/mol. The van der Waals surface area contributed by atoms with E-state index < -0.39 is 18.0 Å². The first kappa shape index (κ1) is 19.8. The summed E-state index contributed by atoms with van der Waals surface area (Å²) >= 11 is 3.32. The summed E-state index contributed by atoms with van der Waals surface area (Å²) in [5, 5.41) is 2.69. The maximum absolute atomic E-state index is 12.1. The number of methoxy groups -OCH3 is 1. The Morgan fingerprint density at radius 3 is 2.38 bits per heavy atom. The molecule has 2 rings (SSSR count). The molecule has 138 valence electrons. The van der Waals surface area contributed by atoms with Gasteiger partial charge in [-0.3, -0.25) is 9.59 Å². The fourth-order valence-corrected chi connectivity index (χ4v) is 2.33. The van der Waals surface area contributed by atoms with E-state index in [9.17, 15) is 9.59 Å². The average Bonchev–Trinajstić information content (AvgIpc) is 2.64. The fourth-order valence-electron chi connectivity index (χ4n) is 2.07. The van der Waals surface area contributed by atoms with Gasteiger partial charge in [-0.2, -0.15) is 0 Å². The Bertz CT molecular complexity index is 748. The maximum atomic E-state index is 12.1. The number of hydrogen-bond donors (Lipinski definition) is 1. The van der Waals surface area contributed by atoms with E-state index in [0.717, 1.165) is 4.47 Å². The van der Waals surface area contributed by atoms with Crippen LogP contribution in [0.25, 0.3) is 0 Å². The number of anilines is 1. The SMILES string of the molecule is COc1ccccc1OCCC(=O)OC(C)C(=O)Nc1ccc(Br)cc1. The number of halogens is 1. The first-order valence-corrected chi connectivity index (χ1v) is 8.80. The third kappa shape index (κ3) is 6.07. The zero-order valence-corrected chi connectivity index (χ0v) is 16.1. The lowest BCUT2D eigenvalue weighted by molar-refractivity contribution is -0.153. The molecular weight excluding hydrogens is 402 g/mol. The number of rotatable bonds is 8. The Morgan fingerprint density at radius 2 is 1.73 bits per heavy atom. The Balaban J connectivity index is 1.75. The molecule has 1 amide bonds. The topological polar surface area (TPSA) is 73.9 Å². The van der Waals surface area contributed by atoms with Gasteiger partial charge in [0.15, 0.2) is 17.6 Å². The smallest absolute Gasteiger partial charge is 0.310 e. The molecular formula is C19H20BrNO5. The van der Waals surface area contributed by atoms with Crippen LogP contribution in [0.1, 0.15) is 13.3 Å². The van der Waals surface area contributed by atoms with Crippen LogP contribution in [0.2, 0.25) is 0 Å². The summed E-state index contributed by atoms with van der Waals surface area (Å²) < 4.78 is 16.7. The van der Waals surface area contributed by atoms with Crippen molar-refractivity contribution in [2.75, 3.05) is 19.0 Å². The van der Waals surface area contributed by atoms with Gasteiger partial charge in [-0.15, -0.1) is 0 Å². The summed E-state index contributed by atoms with van der Waals surface area (Å²) in [6, 6.07) is 14.3. The quantitative estimate of drug-likeness (QED) is 0.656. The van der Waals surface area contributed by atoms with Crippen LogP contribution < -0.4 is 14.8 Å². The lowest BCUT2D eigenvalue weighted by Crippen LogP contribution is -2.30. The van der Waals surface area contributed by atoms with Gasteiger partial charge in [0.05, 0.1) is 20.1 Å². The lowest BCUT2D eigenvalue weighted by atomic mass is 10.3. The van der Waals surface area contributed by atoms with E-state index in [2.05, 4.69) is 21.2 Å². The molecule has 0 saturated heterocycles. The van der Waals surface area contributed by atoms with Crippen LogP contribution in [0.3, 0.4) is 0 Å². The molecule has 1 atom stereocenters. The Labute approximate surface area is 160 Å². The second-order valence-electron chi connectivity index (χ2n) is 5.38. The molecule has 2 aromatic rings. The summed E-state index contributed by atoms with van der Waals surface area (Å²) in [4.78, 5) is 23.9. The van der Waals surface area contributed by atoms with Crippen molar-refractivity contribution in [3.63, 3.8) is 0 Å². The highest BCUT2D eigenvalue weighted by Crippen LogP contribution is 2.25. The van der Waals surface area contributed by atoms with E-state index >= 15 is 0 Å². The van der Waals surface area contributed by atoms with Crippen LogP contribution in [0, 0.1) is 0 Å². The minimum atomic E-state index is -0.905. The molecule has 0 saturated carbocycles. The molecule has 26 heavy (non-hydrogen) atoms. The highest BCUT2D eigenvalue weighted by molar-refractivity contribution is 9.10. The van der Waals surface area contributed by atoms with E-state index in [-0.39, 0.29) is 13.0 Å². The first-order valence-electron chi connectivity index (χ1n) is 8.01. The molecule has 1 N–H and O–H groups in total. The molecule has 0 heterocycles. The zero-order chi connectivity index (χ0) is 18.9. The summed E-state index contributed by atoms with van der Waals surface area (Å²) in [7, 11) is 1.54. The highest BCUT2D eigenvalue weighted by Gasteiger charge is 2.18. The van der Waals surface area contributed by atoms with Gasteiger partial charge < -0.3 is 19.5 Å². The predicted octanol–water partition coefficient (Wildman–Crippen LogP) is 3.80. The second kappa shape index (κ2) is 9.82. The lowest BCUT2D eigenvalue weighted by Gasteiger charge is -2.14. The van der Waals surface area contributed by atoms with Gasteiger partial charge in [-0.25, -0.2) is 0 Å². The molecule has 0 aliphatic carbocycles. The number of amides is 1. The Kier molecular flexibility index (Phi) is 7.47. The van der Waals surface area contributed by atoms with Crippen LogP contribution in [0.15, 0.2) is 53.0 Å². The minimum Gasteiger partial charge on any atom is -0.493 e. The van der Waals surface area contributed by atoms with Crippen molar-refractivity contribution in [1.82, 2.24) is 0 Å². The van der Waals surface area contributed by atoms with Crippen molar-refractivity contribution in [2.45, 2.75) is 19.4 Å². The van der Waals surface area contributed by atoms with Crippen LogP contribution in [-0.2, 0) is 14.3 Å². The van der Waals surface area contributed by atoms with Crippen molar-refractivity contribution in [2.24, 2.45) is 0 Å². The van der Waals surface area contributed by atoms with Crippen LogP contribution in [0.5, 0.6) is 11.5 Å². The van der Waals surface area contributed by atoms with Gasteiger partial charge >= 0.3 is 5.97 Å². The number of hydrogen-bond acceptors (Lipinski definition) is 5. The number of carbonyl (C=O) groups excluding carboxylic acids is 2. The van der Waals surface area contributed by atoms with Crippen LogP contribution in [-0.4, -0.2) is 31.7 Å². The monoisotopic (exact) mass is 421 g/mol. The molecule has 0 fully saturated rings. The van der Waals surface area contributed by atoms with E-state index in [1.165, 1.54) is 6.92 Å². The minimum absolute atomic E-state index is 0.0218. The van der Waals surface area contributed by atoms with Crippen molar-refractivity contribution < 1.29 is 23.8 Å². The molecule has 1 unspecified atom stereocenters. The number of para-hydroxylation sites is 2. The van der Waals surface area contributed by atoms with Gasteiger partial charge in [0.1, 0.15) is 0 Å². The molecule has 0 aliphatic rings. The standard InChI is InChI=1S/C19H20BrNO5/c1-13(19(23)21-15-9-7-14(20)8-10-15)26-18(22)11-12-25-17-6-4-3-5-16(17)24-2/h3-10,13H,11-12H2,1-2H3,(H,21,23). The summed E-state index contributed by atoms with van der Waals surface area (Å²) in [5.41, 5.74) is 0.626. The van der Waals surface area contributed by atoms with Crippen molar-refractivity contribution >= 4 is 33.5 Å². The van der Waals surface area contributed by atoms with E-state index in [1.807, 2.05) is 24.3 Å². The molecule has 2 aromatic carbocycles. The fraction of sp³-hybridized carbons (Fsp3) is 0.263. The number of nitrogens with one attached hydrogen (secondary N) is 1. The zero-order valence-electron chi connectivity index (χ0n) is 14.5. The van der Waals surface area contributed by atoms with Gasteiger partial charge in [-0.1, -0.05) is 28.1 Å². The first-order chi connectivity index (χ1) is 12.5. The van der Waals surface area contributed by atoms with Gasteiger partial charge in [0, 0.05) is 10.2 Å². The van der Waals surface area contributed by atoms with Gasteiger partial charge in [0.25, 0.3) is 5.91 Å². The molecule has 0 aliphatic heterocycles. The largest absolute Gasteiger partial charge is 0.493 e. The van der Waals surface area contributed by atoms with Gasteiger partial charge in [-0.05, 0) is 43.3 Å².